The van der Waals surface area contributed by atoms with Crippen molar-refractivity contribution in [2.24, 2.45) is 10.2 Å². The molecule has 2 fully saturated rings. The largest absolute Gasteiger partial charge is 0.465 e. The van der Waals surface area contributed by atoms with E-state index in [0.717, 1.165) is 9.13 Å². The Bertz CT molecular complexity index is 1780. The Morgan fingerprint density at radius 1 is 0.958 bits per heavy atom. The van der Waals surface area contributed by atoms with E-state index >= 15 is 0 Å². The monoisotopic (exact) mass is 695 g/mol. The maximum absolute atomic E-state index is 14.1. The van der Waals surface area contributed by atoms with Gasteiger partial charge in [0.2, 0.25) is 0 Å². The Labute approximate surface area is 270 Å². The quantitative estimate of drug-likeness (QED) is 0.0829. The number of aryl methyl sites for hydroxylation is 2. The number of esters is 1. The molecule has 1 unspecified atom stereocenters. The Hall–Kier alpha value is -4.52. The zero-order valence-corrected chi connectivity index (χ0v) is 27.1. The maximum Gasteiger partial charge on any atom is 0.406 e. The van der Waals surface area contributed by atoms with Crippen LogP contribution in [0.5, 0.6) is 0 Å². The average Bonchev–Trinajstić information content (AvgIpc) is 3.63. The van der Waals surface area contributed by atoms with Crippen molar-refractivity contribution < 1.29 is 32.6 Å². The first-order valence-corrected chi connectivity index (χ1v) is 16.2. The number of rotatable bonds is 14. The highest BCUT2D eigenvalue weighted by molar-refractivity contribution is 7.51. The van der Waals surface area contributed by atoms with Crippen molar-refractivity contribution in [1.29, 1.82) is 0 Å². The molecule has 7 atom stereocenters. The number of nitrogens with one attached hydrogen (secondary N) is 3. The van der Waals surface area contributed by atoms with Gasteiger partial charge in [-0.25, -0.2) is 19.2 Å². The number of azide groups is 2. The van der Waals surface area contributed by atoms with Crippen LogP contribution < -0.4 is 27.6 Å². The molecule has 0 saturated carbocycles. The standard InChI is InChI=1S/C25H34N11O11P/c1-5-43-23(39)14(4)32-48(42,44-10-17-15(30-33-26)6-19(46-17)35-8-12(2)21(37)28-24(35)40)45-11-18-16(31-34-27)7-20(47-18)36-9-13(3)22(38)29-25(36)41/h8-9,14-20H,5-7,10-11H2,1-4H3,(H,32,42)(H,28,37,40)(H,29,38,41)/t14?,15-,16-,17+,18+,19+,20+/m1/s1. The molecule has 0 amide bonds. The lowest BCUT2D eigenvalue weighted by Gasteiger charge is -2.26. The van der Waals surface area contributed by atoms with Gasteiger partial charge in [0.15, 0.2) is 0 Å². The summed E-state index contributed by atoms with van der Waals surface area (Å²) in [7, 11) is -4.49. The maximum atomic E-state index is 14.1. The van der Waals surface area contributed by atoms with Gasteiger partial charge in [-0.1, -0.05) is 10.2 Å². The number of aromatic amines is 2. The minimum Gasteiger partial charge on any atom is -0.465 e. The third-order valence-electron chi connectivity index (χ3n) is 7.53. The second-order valence-electron chi connectivity index (χ2n) is 10.9. The Morgan fingerprint density at radius 3 is 1.79 bits per heavy atom. The summed E-state index contributed by atoms with van der Waals surface area (Å²) in [4.78, 5) is 70.9. The van der Waals surface area contributed by atoms with Gasteiger partial charge in [0, 0.05) is 46.2 Å². The third-order valence-corrected chi connectivity index (χ3v) is 9.21. The van der Waals surface area contributed by atoms with E-state index < -0.39 is 92.2 Å². The topological polar surface area (TPSA) is 300 Å². The van der Waals surface area contributed by atoms with Crippen molar-refractivity contribution in [3.63, 3.8) is 0 Å². The van der Waals surface area contributed by atoms with Crippen molar-refractivity contribution in [2.45, 2.75) is 83.3 Å². The van der Waals surface area contributed by atoms with Crippen LogP contribution in [-0.4, -0.2) is 75.2 Å². The van der Waals surface area contributed by atoms with E-state index in [2.05, 4.69) is 35.1 Å². The molecule has 23 heteroatoms. The van der Waals surface area contributed by atoms with Gasteiger partial charge in [-0.3, -0.25) is 42.5 Å². The van der Waals surface area contributed by atoms with Crippen molar-refractivity contribution in [3.8, 4) is 0 Å². The van der Waals surface area contributed by atoms with E-state index in [1.165, 1.54) is 33.2 Å². The smallest absolute Gasteiger partial charge is 0.406 e. The molecule has 4 heterocycles. The molecule has 260 valence electrons. The molecular formula is C25H34N11O11P. The molecule has 4 rings (SSSR count). The Kier molecular flexibility index (Phi) is 11.8. The zero-order chi connectivity index (χ0) is 35.2. The minimum atomic E-state index is -4.49. The van der Waals surface area contributed by atoms with Crippen LogP contribution in [0.3, 0.4) is 0 Å². The number of carbonyl (C=O) groups is 1. The first-order valence-electron chi connectivity index (χ1n) is 14.7. The van der Waals surface area contributed by atoms with E-state index in [9.17, 15) is 28.5 Å². The van der Waals surface area contributed by atoms with Crippen LogP contribution >= 0.6 is 7.75 Å². The molecule has 2 aliphatic rings. The number of hydrogen-bond acceptors (Lipinski definition) is 13. The van der Waals surface area contributed by atoms with Crippen molar-refractivity contribution in [2.75, 3.05) is 19.8 Å². The minimum absolute atomic E-state index is 0.00393. The average molecular weight is 696 g/mol. The number of hydrogen-bond donors (Lipinski definition) is 3. The first kappa shape index (κ1) is 36.3. The third kappa shape index (κ3) is 8.49. The summed E-state index contributed by atoms with van der Waals surface area (Å²) in [5, 5.41) is 9.89. The number of carbonyl (C=O) groups excluding carboxylic acids is 1. The number of nitrogens with zero attached hydrogens (tertiary/aromatic N) is 8. The molecule has 3 N–H and O–H groups in total. The number of H-pyrrole nitrogens is 2. The Morgan fingerprint density at radius 2 is 1.40 bits per heavy atom. The van der Waals surface area contributed by atoms with Crippen LogP contribution in [0.15, 0.2) is 41.8 Å². The predicted molar refractivity (Wildman–Crippen MR) is 164 cm³/mol. The predicted octanol–water partition coefficient (Wildman–Crippen LogP) is 1.32. The highest BCUT2D eigenvalue weighted by Crippen LogP contribution is 2.47. The first-order chi connectivity index (χ1) is 22.8. The molecule has 22 nitrogen and oxygen atoms in total. The van der Waals surface area contributed by atoms with E-state index in [-0.39, 0.29) is 30.6 Å². The molecule has 0 bridgehead atoms. The zero-order valence-electron chi connectivity index (χ0n) is 26.2. The summed E-state index contributed by atoms with van der Waals surface area (Å²) in [5.74, 6) is -0.779. The van der Waals surface area contributed by atoms with E-state index in [0.29, 0.717) is 0 Å². The lowest BCUT2D eigenvalue weighted by molar-refractivity contribution is -0.144. The van der Waals surface area contributed by atoms with Gasteiger partial charge >= 0.3 is 25.1 Å². The van der Waals surface area contributed by atoms with Crippen molar-refractivity contribution in [1.82, 2.24) is 24.2 Å². The summed E-state index contributed by atoms with van der Waals surface area (Å²) < 4.78 is 44.5. The van der Waals surface area contributed by atoms with Gasteiger partial charge in [-0.05, 0) is 38.8 Å². The number of ether oxygens (including phenoxy) is 3. The summed E-state index contributed by atoms with van der Waals surface area (Å²) >= 11 is 0. The van der Waals surface area contributed by atoms with Gasteiger partial charge in [-0.2, -0.15) is 0 Å². The van der Waals surface area contributed by atoms with Crippen molar-refractivity contribution >= 4 is 13.7 Å². The second-order valence-corrected chi connectivity index (χ2v) is 12.7. The van der Waals surface area contributed by atoms with Gasteiger partial charge < -0.3 is 14.2 Å². The van der Waals surface area contributed by atoms with E-state index in [4.69, 9.17) is 34.3 Å². The van der Waals surface area contributed by atoms with Crippen LogP contribution in [0.2, 0.25) is 0 Å². The summed E-state index contributed by atoms with van der Waals surface area (Å²) in [6.07, 6.45) is -1.55. The van der Waals surface area contributed by atoms with Gasteiger partial charge in [0.1, 0.15) is 18.5 Å². The highest BCUT2D eigenvalue weighted by Gasteiger charge is 2.42. The summed E-state index contributed by atoms with van der Waals surface area (Å²) in [6.45, 7) is 4.87. The molecule has 0 spiro atoms. The fourth-order valence-corrected chi connectivity index (χ4v) is 6.55. The molecule has 48 heavy (non-hydrogen) atoms. The van der Waals surface area contributed by atoms with Gasteiger partial charge in [0.05, 0.1) is 44.1 Å². The molecule has 0 aliphatic carbocycles. The lowest BCUT2D eigenvalue weighted by atomic mass is 10.1. The normalized spacial score (nSPS) is 25.4. The Balaban J connectivity index is 1.55. The molecule has 2 aromatic heterocycles. The lowest BCUT2D eigenvalue weighted by Crippen LogP contribution is -2.37. The van der Waals surface area contributed by atoms with Crippen molar-refractivity contribution in [3.05, 3.63) is 86.1 Å². The van der Waals surface area contributed by atoms with E-state index in [1.54, 1.807) is 6.92 Å². The van der Waals surface area contributed by atoms with Crippen LogP contribution in [-0.2, 0) is 32.6 Å². The highest BCUT2D eigenvalue weighted by atomic mass is 31.2. The summed E-state index contributed by atoms with van der Waals surface area (Å²) in [6, 6.07) is -3.04. The second kappa shape index (κ2) is 15.6. The SMILES string of the molecule is CCOC(=O)C(C)NP(=O)(OC[C@@H]1O[C@H](n2cc(C)c(=O)[nH]c2=O)C[C@H]1N=[N+]=[N-])OC[C@@H]1O[C@H](n2cc(C)c(=O)[nH]c2=O)C[C@H]1N=[N+]=[N-]. The molecule has 2 aromatic rings. The van der Waals surface area contributed by atoms with Gasteiger partial charge in [-0.15, -0.1) is 0 Å². The number of aromatic nitrogens is 4. The van der Waals surface area contributed by atoms with Gasteiger partial charge in [0.25, 0.3) is 11.1 Å². The molecule has 2 aliphatic heterocycles. The molecule has 0 aromatic carbocycles. The fraction of sp³-hybridized carbons (Fsp3) is 0.640. The molecule has 0 radical (unpaired) electrons. The fourth-order valence-electron chi connectivity index (χ4n) is 5.06. The van der Waals surface area contributed by atoms with Crippen LogP contribution in [0, 0.1) is 13.8 Å². The molecule has 2 saturated heterocycles. The van der Waals surface area contributed by atoms with Crippen LogP contribution in [0.25, 0.3) is 20.9 Å². The van der Waals surface area contributed by atoms with E-state index in [1.807, 2.05) is 0 Å². The van der Waals surface area contributed by atoms with Crippen LogP contribution in [0.4, 0.5) is 0 Å². The molecular weight excluding hydrogens is 661 g/mol. The summed E-state index contributed by atoms with van der Waals surface area (Å²) in [5.41, 5.74) is 16.0. The van der Waals surface area contributed by atoms with Crippen LogP contribution in [0.1, 0.15) is 50.3 Å².